The van der Waals surface area contributed by atoms with E-state index in [0.717, 1.165) is 11.9 Å². The largest absolute Gasteiger partial charge is 0.443 e. The van der Waals surface area contributed by atoms with E-state index < -0.39 is 0 Å². The number of fused-ring (bicyclic) bond motifs is 1. The third-order valence-electron chi connectivity index (χ3n) is 3.67. The van der Waals surface area contributed by atoms with Crippen molar-refractivity contribution < 1.29 is 9.21 Å². The van der Waals surface area contributed by atoms with Gasteiger partial charge in [0.2, 0.25) is 0 Å². The van der Waals surface area contributed by atoms with Gasteiger partial charge in [0.1, 0.15) is 5.52 Å². The van der Waals surface area contributed by atoms with Crippen molar-refractivity contribution in [1.29, 1.82) is 0 Å². The number of benzene rings is 1. The van der Waals surface area contributed by atoms with Gasteiger partial charge in [-0.25, -0.2) is 4.98 Å². The van der Waals surface area contributed by atoms with Gasteiger partial charge in [-0.3, -0.25) is 9.78 Å². The molecule has 22 heavy (non-hydrogen) atoms. The molecule has 0 aliphatic carbocycles. The summed E-state index contributed by atoms with van der Waals surface area (Å²) in [6, 6.07) is 9.29. The van der Waals surface area contributed by atoms with Gasteiger partial charge in [0.25, 0.3) is 5.91 Å². The molecule has 0 aliphatic rings. The first-order valence-corrected chi connectivity index (χ1v) is 7.29. The summed E-state index contributed by atoms with van der Waals surface area (Å²) in [6.45, 7) is 3.32. The molecule has 112 valence electrons. The minimum atomic E-state index is 0.00913. The number of hydrogen-bond acceptors (Lipinski definition) is 4. The van der Waals surface area contributed by atoms with Crippen LogP contribution >= 0.6 is 0 Å². The van der Waals surface area contributed by atoms with Gasteiger partial charge in [-0.1, -0.05) is 0 Å². The van der Waals surface area contributed by atoms with Crippen molar-refractivity contribution in [3.05, 3.63) is 60.2 Å². The topological polar surface area (TPSA) is 59.2 Å². The molecule has 3 rings (SSSR count). The minimum absolute atomic E-state index is 0.00913. The number of nitrogens with zero attached hydrogens (tertiary/aromatic N) is 3. The van der Waals surface area contributed by atoms with Gasteiger partial charge >= 0.3 is 0 Å². The molecular formula is C17H17N3O2. The molecular weight excluding hydrogens is 278 g/mol. The lowest BCUT2D eigenvalue weighted by molar-refractivity contribution is 0.0766. The van der Waals surface area contributed by atoms with Crippen molar-refractivity contribution in [2.24, 2.45) is 0 Å². The summed E-state index contributed by atoms with van der Waals surface area (Å²) in [6.07, 6.45) is 5.74. The quantitative estimate of drug-likeness (QED) is 0.726. The predicted molar refractivity (Wildman–Crippen MR) is 83.5 cm³/mol. The van der Waals surface area contributed by atoms with Crippen LogP contribution in [0.5, 0.6) is 0 Å². The molecule has 0 bridgehead atoms. The SMILES string of the molecule is CCN(CCc1ccncc1)C(=O)c1ccc2ncoc2c1. The standard InChI is InChI=1S/C17H17N3O2/c1-2-20(10-7-13-5-8-18-9-6-13)17(21)14-3-4-15-16(11-14)22-12-19-15/h3-6,8-9,11-12H,2,7,10H2,1H3. The summed E-state index contributed by atoms with van der Waals surface area (Å²) < 4.78 is 5.26. The number of amides is 1. The molecule has 2 heterocycles. The summed E-state index contributed by atoms with van der Waals surface area (Å²) in [5.41, 5.74) is 3.19. The molecule has 0 fully saturated rings. The fraction of sp³-hybridized carbons (Fsp3) is 0.235. The monoisotopic (exact) mass is 295 g/mol. The van der Waals surface area contributed by atoms with E-state index in [1.54, 1.807) is 24.5 Å². The van der Waals surface area contributed by atoms with Gasteiger partial charge in [-0.05, 0) is 49.2 Å². The molecule has 0 spiro atoms. The van der Waals surface area contributed by atoms with Gasteiger partial charge in [-0.15, -0.1) is 0 Å². The number of likely N-dealkylation sites (N-methyl/N-ethyl adjacent to an activating group) is 1. The number of hydrogen-bond donors (Lipinski definition) is 0. The highest BCUT2D eigenvalue weighted by Crippen LogP contribution is 2.16. The lowest BCUT2D eigenvalue weighted by Crippen LogP contribution is -2.32. The zero-order valence-electron chi connectivity index (χ0n) is 12.4. The van der Waals surface area contributed by atoms with Crippen LogP contribution in [-0.2, 0) is 6.42 Å². The predicted octanol–water partition coefficient (Wildman–Crippen LogP) is 2.93. The lowest BCUT2D eigenvalue weighted by atomic mass is 10.1. The average Bonchev–Trinajstić information content (AvgIpc) is 3.03. The molecule has 0 N–H and O–H groups in total. The first-order chi connectivity index (χ1) is 10.8. The smallest absolute Gasteiger partial charge is 0.253 e. The second-order valence-electron chi connectivity index (χ2n) is 5.03. The van der Waals surface area contributed by atoms with E-state index in [1.165, 1.54) is 12.0 Å². The van der Waals surface area contributed by atoms with E-state index in [9.17, 15) is 4.79 Å². The zero-order chi connectivity index (χ0) is 15.4. The maximum atomic E-state index is 12.6. The average molecular weight is 295 g/mol. The van der Waals surface area contributed by atoms with Crippen molar-refractivity contribution in [3.8, 4) is 0 Å². The number of carbonyl (C=O) groups excluding carboxylic acids is 1. The van der Waals surface area contributed by atoms with Crippen molar-refractivity contribution in [3.63, 3.8) is 0 Å². The third-order valence-corrected chi connectivity index (χ3v) is 3.67. The lowest BCUT2D eigenvalue weighted by Gasteiger charge is -2.21. The number of carbonyl (C=O) groups is 1. The molecule has 5 nitrogen and oxygen atoms in total. The Morgan fingerprint density at radius 2 is 2.05 bits per heavy atom. The zero-order valence-corrected chi connectivity index (χ0v) is 12.4. The Morgan fingerprint density at radius 1 is 1.23 bits per heavy atom. The Bertz CT molecular complexity index is 768. The fourth-order valence-corrected chi connectivity index (χ4v) is 2.39. The molecule has 0 unspecified atom stereocenters. The molecule has 1 amide bonds. The summed E-state index contributed by atoms with van der Waals surface area (Å²) in [7, 11) is 0. The first-order valence-electron chi connectivity index (χ1n) is 7.29. The molecule has 2 aromatic heterocycles. The van der Waals surface area contributed by atoms with Crippen LogP contribution < -0.4 is 0 Å². The van der Waals surface area contributed by atoms with Crippen LogP contribution in [0, 0.1) is 0 Å². The summed E-state index contributed by atoms with van der Waals surface area (Å²) >= 11 is 0. The second-order valence-corrected chi connectivity index (χ2v) is 5.03. The highest BCUT2D eigenvalue weighted by Gasteiger charge is 2.15. The summed E-state index contributed by atoms with van der Waals surface area (Å²) in [4.78, 5) is 22.5. The molecule has 0 radical (unpaired) electrons. The Balaban J connectivity index is 1.73. The van der Waals surface area contributed by atoms with Crippen LogP contribution in [0.3, 0.4) is 0 Å². The van der Waals surface area contributed by atoms with E-state index in [2.05, 4.69) is 9.97 Å². The van der Waals surface area contributed by atoms with Crippen molar-refractivity contribution >= 4 is 17.0 Å². The van der Waals surface area contributed by atoms with E-state index in [-0.39, 0.29) is 5.91 Å². The first kappa shape index (κ1) is 14.3. The molecule has 0 saturated heterocycles. The van der Waals surface area contributed by atoms with Crippen molar-refractivity contribution in [2.75, 3.05) is 13.1 Å². The highest BCUT2D eigenvalue weighted by molar-refractivity contribution is 5.97. The Morgan fingerprint density at radius 3 is 2.82 bits per heavy atom. The minimum Gasteiger partial charge on any atom is -0.443 e. The molecule has 5 heteroatoms. The number of oxazole rings is 1. The number of rotatable bonds is 5. The number of aromatic nitrogens is 2. The van der Waals surface area contributed by atoms with Crippen LogP contribution in [-0.4, -0.2) is 33.9 Å². The Hall–Kier alpha value is -2.69. The van der Waals surface area contributed by atoms with Crippen molar-refractivity contribution in [2.45, 2.75) is 13.3 Å². The van der Waals surface area contributed by atoms with Crippen LogP contribution in [0.25, 0.3) is 11.1 Å². The normalized spacial score (nSPS) is 10.8. The Kier molecular flexibility index (Phi) is 4.14. The van der Waals surface area contributed by atoms with Crippen LogP contribution in [0.1, 0.15) is 22.8 Å². The van der Waals surface area contributed by atoms with E-state index in [1.807, 2.05) is 30.0 Å². The highest BCUT2D eigenvalue weighted by atomic mass is 16.3. The van der Waals surface area contributed by atoms with E-state index in [4.69, 9.17) is 4.42 Å². The van der Waals surface area contributed by atoms with Gasteiger partial charge in [0, 0.05) is 31.0 Å². The van der Waals surface area contributed by atoms with Gasteiger partial charge in [0.15, 0.2) is 12.0 Å². The molecule has 3 aromatic rings. The molecule has 0 aliphatic heterocycles. The molecule has 0 atom stereocenters. The van der Waals surface area contributed by atoms with Crippen LogP contribution in [0.2, 0.25) is 0 Å². The van der Waals surface area contributed by atoms with E-state index >= 15 is 0 Å². The molecule has 0 saturated carbocycles. The maximum Gasteiger partial charge on any atom is 0.253 e. The van der Waals surface area contributed by atoms with E-state index in [0.29, 0.717) is 24.2 Å². The summed E-state index contributed by atoms with van der Waals surface area (Å²) in [5, 5.41) is 0. The van der Waals surface area contributed by atoms with Gasteiger partial charge < -0.3 is 9.32 Å². The maximum absolute atomic E-state index is 12.6. The number of pyridine rings is 1. The molecule has 1 aromatic carbocycles. The summed E-state index contributed by atoms with van der Waals surface area (Å²) in [5.74, 6) is 0.00913. The van der Waals surface area contributed by atoms with Crippen LogP contribution in [0.4, 0.5) is 0 Å². The Labute approximate surface area is 128 Å². The fourth-order valence-electron chi connectivity index (χ4n) is 2.39. The second kappa shape index (κ2) is 6.39. The van der Waals surface area contributed by atoms with Gasteiger partial charge in [0.05, 0.1) is 0 Å². The van der Waals surface area contributed by atoms with Gasteiger partial charge in [-0.2, -0.15) is 0 Å². The van der Waals surface area contributed by atoms with Crippen molar-refractivity contribution in [1.82, 2.24) is 14.9 Å². The third kappa shape index (κ3) is 2.98. The van der Waals surface area contributed by atoms with Crippen LogP contribution in [0.15, 0.2) is 53.5 Å².